The zero-order chi connectivity index (χ0) is 20.6. The highest BCUT2D eigenvalue weighted by molar-refractivity contribution is 7.89. The number of rotatable bonds is 5. The smallest absolute Gasteiger partial charge is 0.256 e. The number of benzene rings is 1. The lowest BCUT2D eigenvalue weighted by molar-refractivity contribution is -0.110. The molecule has 0 spiro atoms. The Morgan fingerprint density at radius 2 is 1.97 bits per heavy atom. The second kappa shape index (κ2) is 7.78. The van der Waals surface area contributed by atoms with E-state index in [4.69, 9.17) is 5.14 Å². The third-order valence-corrected chi connectivity index (χ3v) is 6.58. The van der Waals surface area contributed by atoms with Crippen LogP contribution in [0, 0.1) is 0 Å². The van der Waals surface area contributed by atoms with Crippen LogP contribution in [-0.4, -0.2) is 31.0 Å². The number of sulfonamides is 1. The number of nitrogens with two attached hydrogens (primary N) is 1. The van der Waals surface area contributed by atoms with Gasteiger partial charge < -0.3 is 15.4 Å². The van der Waals surface area contributed by atoms with E-state index in [2.05, 4.69) is 10.3 Å². The largest absolute Gasteiger partial charge is 0.396 e. The summed E-state index contributed by atoms with van der Waals surface area (Å²) < 4.78 is 23.5. The van der Waals surface area contributed by atoms with Crippen LogP contribution in [0.25, 0.3) is 11.6 Å². The number of carbonyl (C=O) groups is 1. The molecule has 0 atom stereocenters. The van der Waals surface area contributed by atoms with Crippen LogP contribution < -0.4 is 10.5 Å². The molecule has 154 valence electrons. The predicted octanol–water partition coefficient (Wildman–Crippen LogP) is 2.35. The highest BCUT2D eigenvalue weighted by atomic mass is 32.2. The number of hydrogen-bond acceptors (Lipinski definition) is 4. The van der Waals surface area contributed by atoms with E-state index in [1.165, 1.54) is 29.8 Å². The van der Waals surface area contributed by atoms with Crippen molar-refractivity contribution >= 4 is 33.3 Å². The molecule has 29 heavy (non-hydrogen) atoms. The van der Waals surface area contributed by atoms with Crippen LogP contribution in [0.15, 0.2) is 23.1 Å². The number of amides is 1. The third-order valence-electron chi connectivity index (χ3n) is 5.67. The number of aromatic nitrogens is 1. The van der Waals surface area contributed by atoms with Gasteiger partial charge in [0.2, 0.25) is 10.0 Å². The molecular formula is C21H25N3O4S. The number of aliphatic hydroxyl groups excluding tert-OH is 1. The van der Waals surface area contributed by atoms with Gasteiger partial charge in [-0.05, 0) is 73.9 Å². The van der Waals surface area contributed by atoms with Crippen molar-refractivity contribution in [2.45, 2.75) is 49.8 Å². The van der Waals surface area contributed by atoms with Gasteiger partial charge in [0.15, 0.2) is 0 Å². The number of nitrogens with one attached hydrogen (secondary N) is 2. The van der Waals surface area contributed by atoms with Gasteiger partial charge in [-0.25, -0.2) is 13.6 Å². The number of aromatic amines is 1. The summed E-state index contributed by atoms with van der Waals surface area (Å²) in [6, 6.07) is 4.39. The molecule has 2 aliphatic rings. The van der Waals surface area contributed by atoms with E-state index in [1.54, 1.807) is 12.1 Å². The Labute approximate surface area is 170 Å². The predicted molar refractivity (Wildman–Crippen MR) is 112 cm³/mol. The van der Waals surface area contributed by atoms with Crippen LogP contribution >= 0.6 is 0 Å². The van der Waals surface area contributed by atoms with Gasteiger partial charge in [0, 0.05) is 29.2 Å². The number of hydrogen-bond donors (Lipinski definition) is 4. The fraction of sp³-hybridized carbons (Fsp3) is 0.381. The number of aliphatic hydroxyl groups is 1. The SMILES string of the molecule is NS(=O)(=O)c1ccc2c(c1)C(=Cc1[nH]c3c(c1CCCO)CCCCC3)C(=O)N2. The first-order valence-electron chi connectivity index (χ1n) is 9.92. The Kier molecular flexibility index (Phi) is 5.33. The zero-order valence-electron chi connectivity index (χ0n) is 16.1. The molecule has 0 bridgehead atoms. The first kappa shape index (κ1) is 19.9. The average Bonchev–Trinajstić information content (AvgIpc) is 3.05. The van der Waals surface area contributed by atoms with Crippen LogP contribution in [0.2, 0.25) is 0 Å². The molecule has 7 nitrogen and oxygen atoms in total. The topological polar surface area (TPSA) is 125 Å². The van der Waals surface area contributed by atoms with Crippen molar-refractivity contribution in [3.05, 3.63) is 46.3 Å². The summed E-state index contributed by atoms with van der Waals surface area (Å²) in [5.41, 5.74) is 6.03. The lowest BCUT2D eigenvalue weighted by atomic mass is 9.98. The number of anilines is 1. The molecule has 1 aliphatic heterocycles. The number of fused-ring (bicyclic) bond motifs is 2. The second-order valence-corrected chi connectivity index (χ2v) is 9.19. The zero-order valence-corrected chi connectivity index (χ0v) is 16.9. The molecule has 0 fully saturated rings. The summed E-state index contributed by atoms with van der Waals surface area (Å²) >= 11 is 0. The highest BCUT2D eigenvalue weighted by Gasteiger charge is 2.27. The summed E-state index contributed by atoms with van der Waals surface area (Å²) in [5.74, 6) is -0.274. The molecule has 2 heterocycles. The van der Waals surface area contributed by atoms with E-state index in [0.29, 0.717) is 23.2 Å². The Hall–Kier alpha value is -2.42. The van der Waals surface area contributed by atoms with E-state index >= 15 is 0 Å². The van der Waals surface area contributed by atoms with E-state index in [-0.39, 0.29) is 17.4 Å². The van der Waals surface area contributed by atoms with E-state index in [1.807, 2.05) is 0 Å². The fourth-order valence-electron chi connectivity index (χ4n) is 4.25. The van der Waals surface area contributed by atoms with Gasteiger partial charge in [0.1, 0.15) is 0 Å². The van der Waals surface area contributed by atoms with Gasteiger partial charge in [0.25, 0.3) is 5.91 Å². The highest BCUT2D eigenvalue weighted by Crippen LogP contribution is 2.36. The lowest BCUT2D eigenvalue weighted by Gasteiger charge is -2.06. The molecule has 1 aromatic heterocycles. The molecule has 1 amide bonds. The van der Waals surface area contributed by atoms with Gasteiger partial charge >= 0.3 is 0 Å². The van der Waals surface area contributed by atoms with Crippen molar-refractivity contribution in [1.29, 1.82) is 0 Å². The Morgan fingerprint density at radius 1 is 1.17 bits per heavy atom. The summed E-state index contributed by atoms with van der Waals surface area (Å²) in [4.78, 5) is 16.1. The van der Waals surface area contributed by atoms with Gasteiger partial charge in [-0.3, -0.25) is 4.79 Å². The average molecular weight is 416 g/mol. The van der Waals surface area contributed by atoms with Gasteiger partial charge in [-0.2, -0.15) is 0 Å². The molecule has 0 saturated heterocycles. The lowest BCUT2D eigenvalue weighted by Crippen LogP contribution is -2.12. The first-order valence-corrected chi connectivity index (χ1v) is 11.5. The van der Waals surface area contributed by atoms with Gasteiger partial charge in [-0.1, -0.05) is 6.42 Å². The van der Waals surface area contributed by atoms with Crippen LogP contribution in [0.1, 0.15) is 53.8 Å². The molecule has 0 saturated carbocycles. The van der Waals surface area contributed by atoms with Crippen molar-refractivity contribution in [1.82, 2.24) is 4.98 Å². The minimum atomic E-state index is -3.87. The summed E-state index contributed by atoms with van der Waals surface area (Å²) in [7, 11) is -3.87. The minimum Gasteiger partial charge on any atom is -0.396 e. The van der Waals surface area contributed by atoms with Crippen molar-refractivity contribution in [3.8, 4) is 0 Å². The van der Waals surface area contributed by atoms with E-state index in [0.717, 1.165) is 43.4 Å². The second-order valence-electron chi connectivity index (χ2n) is 7.63. The number of primary sulfonamides is 1. The molecular weight excluding hydrogens is 390 g/mol. The normalized spacial score (nSPS) is 17.7. The van der Waals surface area contributed by atoms with Crippen molar-refractivity contribution in [2.24, 2.45) is 5.14 Å². The third kappa shape index (κ3) is 3.88. The first-order chi connectivity index (χ1) is 13.9. The Balaban J connectivity index is 1.82. The minimum absolute atomic E-state index is 0.0265. The summed E-state index contributed by atoms with van der Waals surface area (Å²) in [6.07, 6.45) is 8.61. The summed E-state index contributed by atoms with van der Waals surface area (Å²) in [6.45, 7) is 0.108. The standard InChI is InChI=1S/C21H25N3O4S/c22-29(27,28)13-8-9-19-16(11-13)17(21(26)24-19)12-20-15(6-4-10-25)14-5-2-1-3-7-18(14)23-20/h8-9,11-12,23,25H,1-7,10H2,(H,24,26)(H2,22,27,28). The Morgan fingerprint density at radius 3 is 2.72 bits per heavy atom. The number of aryl methyl sites for hydroxylation is 1. The van der Waals surface area contributed by atoms with Crippen LogP contribution in [0.5, 0.6) is 0 Å². The van der Waals surface area contributed by atoms with Gasteiger partial charge in [0.05, 0.1) is 10.5 Å². The van der Waals surface area contributed by atoms with Crippen LogP contribution in [0.3, 0.4) is 0 Å². The monoisotopic (exact) mass is 415 g/mol. The van der Waals surface area contributed by atoms with E-state index in [9.17, 15) is 18.3 Å². The maximum atomic E-state index is 12.6. The quantitative estimate of drug-likeness (QED) is 0.442. The van der Waals surface area contributed by atoms with Crippen LogP contribution in [-0.2, 0) is 34.1 Å². The number of H-pyrrole nitrogens is 1. The van der Waals surface area contributed by atoms with Crippen LogP contribution in [0.4, 0.5) is 5.69 Å². The summed E-state index contributed by atoms with van der Waals surface area (Å²) in [5, 5.41) is 17.4. The number of carbonyl (C=O) groups excluding carboxylic acids is 1. The molecule has 1 aliphatic carbocycles. The van der Waals surface area contributed by atoms with E-state index < -0.39 is 10.0 Å². The molecule has 5 N–H and O–H groups in total. The Bertz CT molecular complexity index is 1100. The fourth-order valence-corrected chi connectivity index (χ4v) is 4.79. The van der Waals surface area contributed by atoms with Crippen molar-refractivity contribution in [3.63, 3.8) is 0 Å². The van der Waals surface area contributed by atoms with Gasteiger partial charge in [-0.15, -0.1) is 0 Å². The van der Waals surface area contributed by atoms with Crippen molar-refractivity contribution in [2.75, 3.05) is 11.9 Å². The molecule has 0 radical (unpaired) electrons. The molecule has 1 aromatic carbocycles. The molecule has 8 heteroatoms. The molecule has 4 rings (SSSR count). The molecule has 0 unspecified atom stereocenters. The van der Waals surface area contributed by atoms with Crippen molar-refractivity contribution < 1.29 is 18.3 Å². The maximum absolute atomic E-state index is 12.6. The molecule has 2 aromatic rings. The maximum Gasteiger partial charge on any atom is 0.256 e.